The van der Waals surface area contributed by atoms with Crippen LogP contribution in [-0.4, -0.2) is 60.6 Å². The number of likely N-dealkylation sites (N-methyl/N-ethyl adjacent to an activating group) is 1. The molecule has 2 fully saturated rings. The van der Waals surface area contributed by atoms with Gasteiger partial charge in [0.25, 0.3) is 0 Å². The van der Waals surface area contributed by atoms with E-state index in [0.717, 1.165) is 29.4 Å². The second-order valence-corrected chi connectivity index (χ2v) is 9.08. The van der Waals surface area contributed by atoms with E-state index in [1.165, 1.54) is 25.7 Å². The van der Waals surface area contributed by atoms with Crippen LogP contribution in [-0.2, 0) is 14.3 Å². The summed E-state index contributed by atoms with van der Waals surface area (Å²) in [4.78, 5) is 17.2. The van der Waals surface area contributed by atoms with Gasteiger partial charge in [0, 0.05) is 36.8 Å². The maximum atomic E-state index is 12.9. The Balaban J connectivity index is 1.97. The summed E-state index contributed by atoms with van der Waals surface area (Å²) in [6, 6.07) is 1.71. The van der Waals surface area contributed by atoms with Gasteiger partial charge in [-0.1, -0.05) is 6.08 Å². The van der Waals surface area contributed by atoms with Crippen LogP contribution in [0.15, 0.2) is 46.8 Å². The molecule has 3 aliphatic rings. The SMILES string of the molecule is C/C=C\C(OC)=C1/CN(C2CCC3CCC(C2)N3)C(C)=C(/C=C(\C)C(=O)N(CC)CC)O1. The second-order valence-electron chi connectivity index (χ2n) is 9.08. The van der Waals surface area contributed by atoms with Gasteiger partial charge in [-0.3, -0.25) is 4.79 Å². The van der Waals surface area contributed by atoms with Crippen LogP contribution in [0.25, 0.3) is 0 Å². The lowest BCUT2D eigenvalue weighted by Crippen LogP contribution is -2.41. The number of hydrogen-bond donors (Lipinski definition) is 1. The van der Waals surface area contributed by atoms with Crippen LogP contribution in [0.4, 0.5) is 0 Å². The molecule has 3 rings (SSSR count). The molecule has 2 bridgehead atoms. The molecule has 178 valence electrons. The standard InChI is InChI=1S/C26H41N3O3/c1-7-10-23(31-6)25-17-29(22-14-13-20-11-12-21(16-22)27-20)19(5)24(32-25)15-18(4)26(30)28(8-2)9-3/h7,10,15,20-22,27H,8-9,11-14,16-17H2,1-6H3/b10-7-,18-15+,25-23-. The van der Waals surface area contributed by atoms with Gasteiger partial charge in [0.05, 0.1) is 19.4 Å². The fraction of sp³-hybridized carbons (Fsp3) is 0.654. The predicted molar refractivity (Wildman–Crippen MR) is 129 cm³/mol. The molecule has 2 saturated heterocycles. The summed E-state index contributed by atoms with van der Waals surface area (Å²) in [7, 11) is 1.68. The lowest BCUT2D eigenvalue weighted by Gasteiger charge is -2.39. The van der Waals surface area contributed by atoms with Gasteiger partial charge in [-0.05, 0) is 78.9 Å². The summed E-state index contributed by atoms with van der Waals surface area (Å²) in [6.45, 7) is 12.1. The lowest BCUT2D eigenvalue weighted by atomic mass is 9.94. The number of fused-ring (bicyclic) bond motifs is 2. The Morgan fingerprint density at radius 1 is 1.22 bits per heavy atom. The highest BCUT2D eigenvalue weighted by Crippen LogP contribution is 2.35. The first-order valence-electron chi connectivity index (χ1n) is 12.2. The number of methoxy groups -OCH3 is 1. The van der Waals surface area contributed by atoms with E-state index in [1.807, 2.05) is 50.8 Å². The minimum atomic E-state index is 0.0537. The quantitative estimate of drug-likeness (QED) is 0.465. The normalized spacial score (nSPS) is 28.0. The van der Waals surface area contributed by atoms with Crippen LogP contribution < -0.4 is 5.32 Å². The molecule has 0 aliphatic carbocycles. The minimum Gasteiger partial charge on any atom is -0.493 e. The summed E-state index contributed by atoms with van der Waals surface area (Å²) >= 11 is 0. The molecule has 3 unspecified atom stereocenters. The maximum Gasteiger partial charge on any atom is 0.249 e. The van der Waals surface area contributed by atoms with Gasteiger partial charge in [-0.15, -0.1) is 0 Å². The smallest absolute Gasteiger partial charge is 0.249 e. The van der Waals surface area contributed by atoms with Gasteiger partial charge >= 0.3 is 0 Å². The number of nitrogens with zero attached hydrogens (tertiary/aromatic N) is 2. The molecule has 0 aromatic rings. The van der Waals surface area contributed by atoms with Crippen molar-refractivity contribution in [1.29, 1.82) is 0 Å². The number of amides is 1. The van der Waals surface area contributed by atoms with Crippen molar-refractivity contribution in [2.45, 2.75) is 84.8 Å². The molecule has 3 aliphatic heterocycles. The number of allylic oxidation sites excluding steroid dienone is 4. The van der Waals surface area contributed by atoms with Gasteiger partial charge in [-0.2, -0.15) is 0 Å². The highest BCUT2D eigenvalue weighted by atomic mass is 16.5. The van der Waals surface area contributed by atoms with Crippen molar-refractivity contribution >= 4 is 5.91 Å². The van der Waals surface area contributed by atoms with Crippen molar-refractivity contribution in [1.82, 2.24) is 15.1 Å². The minimum absolute atomic E-state index is 0.0537. The van der Waals surface area contributed by atoms with E-state index in [4.69, 9.17) is 9.47 Å². The highest BCUT2D eigenvalue weighted by Gasteiger charge is 2.36. The molecular weight excluding hydrogens is 402 g/mol. The van der Waals surface area contributed by atoms with Crippen LogP contribution in [0.2, 0.25) is 0 Å². The third-order valence-corrected chi connectivity index (χ3v) is 7.06. The highest BCUT2D eigenvalue weighted by molar-refractivity contribution is 5.93. The molecule has 6 nitrogen and oxygen atoms in total. The van der Waals surface area contributed by atoms with Gasteiger partial charge in [0.1, 0.15) is 5.76 Å². The van der Waals surface area contributed by atoms with Crippen molar-refractivity contribution < 1.29 is 14.3 Å². The van der Waals surface area contributed by atoms with Gasteiger partial charge in [0.15, 0.2) is 11.5 Å². The van der Waals surface area contributed by atoms with Crippen molar-refractivity contribution in [3.05, 3.63) is 46.8 Å². The van der Waals surface area contributed by atoms with Crippen LogP contribution in [0.3, 0.4) is 0 Å². The fourth-order valence-electron chi connectivity index (χ4n) is 5.20. The van der Waals surface area contributed by atoms with Crippen molar-refractivity contribution in [3.63, 3.8) is 0 Å². The average molecular weight is 444 g/mol. The fourth-order valence-corrected chi connectivity index (χ4v) is 5.20. The van der Waals surface area contributed by atoms with Crippen molar-refractivity contribution in [2.75, 3.05) is 26.7 Å². The molecule has 3 heterocycles. The maximum absolute atomic E-state index is 12.9. The first kappa shape index (κ1) is 24.4. The zero-order chi connectivity index (χ0) is 23.3. The van der Waals surface area contributed by atoms with Gasteiger partial charge in [-0.25, -0.2) is 0 Å². The Morgan fingerprint density at radius 3 is 2.56 bits per heavy atom. The lowest BCUT2D eigenvalue weighted by molar-refractivity contribution is -0.126. The Hall–Kier alpha value is -2.21. The number of nitrogens with one attached hydrogen (secondary N) is 1. The molecule has 0 aromatic carbocycles. The Kier molecular flexibility index (Phi) is 8.46. The summed E-state index contributed by atoms with van der Waals surface area (Å²) in [5.74, 6) is 2.33. The number of rotatable bonds is 7. The van der Waals surface area contributed by atoms with Crippen LogP contribution in [0.5, 0.6) is 0 Å². The molecule has 6 heteroatoms. The number of ether oxygens (including phenoxy) is 2. The predicted octanol–water partition coefficient (Wildman–Crippen LogP) is 4.47. The topological polar surface area (TPSA) is 54.0 Å². The number of carbonyl (C=O) groups excluding carboxylic acids is 1. The molecular formula is C26H41N3O3. The summed E-state index contributed by atoms with van der Waals surface area (Å²) in [5, 5.41) is 3.80. The average Bonchev–Trinajstić information content (AvgIpc) is 3.13. The number of carbonyl (C=O) groups is 1. The molecule has 0 radical (unpaired) electrons. The first-order valence-corrected chi connectivity index (χ1v) is 12.2. The first-order chi connectivity index (χ1) is 15.4. The van der Waals surface area contributed by atoms with Crippen LogP contribution >= 0.6 is 0 Å². The van der Waals surface area contributed by atoms with Gasteiger partial charge in [0.2, 0.25) is 5.91 Å². The largest absolute Gasteiger partial charge is 0.493 e. The van der Waals surface area contributed by atoms with E-state index in [1.54, 1.807) is 7.11 Å². The zero-order valence-corrected chi connectivity index (χ0v) is 20.7. The molecule has 0 aromatic heterocycles. The summed E-state index contributed by atoms with van der Waals surface area (Å²) in [5.41, 5.74) is 1.79. The molecule has 1 amide bonds. The van der Waals surface area contributed by atoms with Gasteiger partial charge < -0.3 is 24.6 Å². The van der Waals surface area contributed by atoms with Crippen molar-refractivity contribution in [3.8, 4) is 0 Å². The third kappa shape index (κ3) is 5.40. The summed E-state index contributed by atoms with van der Waals surface area (Å²) in [6.07, 6.45) is 11.9. The van der Waals surface area contributed by atoms with Crippen LogP contribution in [0.1, 0.15) is 66.7 Å². The second kappa shape index (κ2) is 11.1. The Morgan fingerprint density at radius 2 is 1.91 bits per heavy atom. The molecule has 32 heavy (non-hydrogen) atoms. The number of hydrogen-bond acceptors (Lipinski definition) is 5. The monoisotopic (exact) mass is 443 g/mol. The Bertz CT molecular complexity index is 807. The van der Waals surface area contributed by atoms with Crippen molar-refractivity contribution in [2.24, 2.45) is 0 Å². The summed E-state index contributed by atoms with van der Waals surface area (Å²) < 4.78 is 12.0. The molecule has 0 saturated carbocycles. The van der Waals surface area contributed by atoms with E-state index in [9.17, 15) is 4.79 Å². The van der Waals surface area contributed by atoms with E-state index in [-0.39, 0.29) is 5.91 Å². The molecule has 3 atom stereocenters. The Labute approximate surface area is 194 Å². The van der Waals surface area contributed by atoms with E-state index < -0.39 is 0 Å². The van der Waals surface area contributed by atoms with E-state index in [2.05, 4.69) is 17.1 Å². The van der Waals surface area contributed by atoms with Crippen LogP contribution in [0, 0.1) is 0 Å². The molecule has 0 spiro atoms. The zero-order valence-electron chi connectivity index (χ0n) is 20.7. The molecule has 1 N–H and O–H groups in total. The van der Waals surface area contributed by atoms with E-state index >= 15 is 0 Å². The van der Waals surface area contributed by atoms with E-state index in [0.29, 0.717) is 43.3 Å². The third-order valence-electron chi connectivity index (χ3n) is 7.06.